The first-order valence-corrected chi connectivity index (χ1v) is 10.2. The third-order valence-electron chi connectivity index (χ3n) is 5.49. The number of nitrogens with one attached hydrogen (secondary N) is 1. The van der Waals surface area contributed by atoms with Crippen molar-refractivity contribution in [1.29, 1.82) is 0 Å². The smallest absolute Gasteiger partial charge is 0.256 e. The van der Waals surface area contributed by atoms with Crippen molar-refractivity contribution in [3.8, 4) is 5.88 Å². The van der Waals surface area contributed by atoms with E-state index in [0.29, 0.717) is 29.2 Å². The minimum Gasteiger partial charge on any atom is -0.481 e. The van der Waals surface area contributed by atoms with E-state index in [1.165, 1.54) is 7.11 Å². The van der Waals surface area contributed by atoms with Crippen LogP contribution in [0.25, 0.3) is 16.6 Å². The van der Waals surface area contributed by atoms with Crippen LogP contribution in [0.4, 0.5) is 5.69 Å². The highest BCUT2D eigenvalue weighted by Crippen LogP contribution is 2.25. The summed E-state index contributed by atoms with van der Waals surface area (Å²) >= 11 is 0. The number of fused-ring (bicyclic) bond motifs is 2. The molecule has 8 nitrogen and oxygen atoms in total. The molecule has 4 aromatic heterocycles. The molecule has 1 aromatic carbocycles. The molecule has 0 spiro atoms. The second-order valence-corrected chi connectivity index (χ2v) is 7.59. The molecule has 4 heterocycles. The largest absolute Gasteiger partial charge is 0.481 e. The Kier molecular flexibility index (Phi) is 4.82. The average molecular weight is 426 g/mol. The van der Waals surface area contributed by atoms with Gasteiger partial charge in [0.25, 0.3) is 5.91 Å². The monoisotopic (exact) mass is 426 g/mol. The summed E-state index contributed by atoms with van der Waals surface area (Å²) < 4.78 is 9.13. The first kappa shape index (κ1) is 19.7. The predicted molar refractivity (Wildman–Crippen MR) is 122 cm³/mol. The summed E-state index contributed by atoms with van der Waals surface area (Å²) in [4.78, 5) is 22.3. The molecule has 0 radical (unpaired) electrons. The molecule has 0 aliphatic carbocycles. The van der Waals surface area contributed by atoms with Gasteiger partial charge in [0.15, 0.2) is 0 Å². The van der Waals surface area contributed by atoms with Crippen LogP contribution in [0.3, 0.4) is 0 Å². The highest BCUT2D eigenvalue weighted by atomic mass is 16.5. The fourth-order valence-electron chi connectivity index (χ4n) is 3.87. The Morgan fingerprint density at radius 3 is 2.72 bits per heavy atom. The van der Waals surface area contributed by atoms with Gasteiger partial charge in [0.1, 0.15) is 5.65 Å². The summed E-state index contributed by atoms with van der Waals surface area (Å²) in [5, 5.41) is 8.44. The van der Waals surface area contributed by atoms with E-state index in [0.717, 1.165) is 28.1 Å². The number of anilines is 1. The third kappa shape index (κ3) is 3.45. The molecule has 0 aliphatic heterocycles. The molecule has 5 rings (SSSR count). The van der Waals surface area contributed by atoms with Gasteiger partial charge in [-0.25, -0.2) is 9.97 Å². The number of aryl methyl sites for hydroxylation is 1. The van der Waals surface area contributed by atoms with Gasteiger partial charge in [0.05, 0.1) is 47.5 Å². The second-order valence-electron chi connectivity index (χ2n) is 7.59. The van der Waals surface area contributed by atoms with Gasteiger partial charge in [-0.1, -0.05) is 24.3 Å². The third-order valence-corrected chi connectivity index (χ3v) is 5.49. The summed E-state index contributed by atoms with van der Waals surface area (Å²) in [6, 6.07) is 15.0. The number of nitrogens with zero attached hydrogens (tertiary/aromatic N) is 5. The van der Waals surface area contributed by atoms with Gasteiger partial charge >= 0.3 is 0 Å². The number of amides is 1. The van der Waals surface area contributed by atoms with Crippen molar-refractivity contribution in [3.05, 3.63) is 83.6 Å². The van der Waals surface area contributed by atoms with E-state index >= 15 is 0 Å². The first-order chi connectivity index (χ1) is 15.5. The number of carbonyl (C=O) groups excluding carboxylic acids is 1. The molecule has 0 bridgehead atoms. The van der Waals surface area contributed by atoms with Crippen molar-refractivity contribution >= 4 is 28.1 Å². The minimum atomic E-state index is -0.236. The SMILES string of the molecule is COc1cc(C(=O)Nc2c(C)nn(Cc3cn4ccccc4n3)c2C)c2ccccc2n1. The number of imidazole rings is 1. The molecule has 0 fully saturated rings. The highest BCUT2D eigenvalue weighted by Gasteiger charge is 2.19. The van der Waals surface area contributed by atoms with Crippen LogP contribution >= 0.6 is 0 Å². The van der Waals surface area contributed by atoms with Crippen LogP contribution in [0.1, 0.15) is 27.4 Å². The number of aromatic nitrogens is 5. The molecular weight excluding hydrogens is 404 g/mol. The number of benzene rings is 1. The van der Waals surface area contributed by atoms with Gasteiger partial charge in [-0.05, 0) is 32.0 Å². The number of ether oxygens (including phenoxy) is 1. The van der Waals surface area contributed by atoms with Crippen molar-refractivity contribution in [2.45, 2.75) is 20.4 Å². The van der Waals surface area contributed by atoms with Crippen molar-refractivity contribution < 1.29 is 9.53 Å². The summed E-state index contributed by atoms with van der Waals surface area (Å²) in [5.74, 6) is 0.158. The molecule has 5 aromatic rings. The normalized spacial score (nSPS) is 11.2. The van der Waals surface area contributed by atoms with Gasteiger partial charge in [-0.3, -0.25) is 9.48 Å². The van der Waals surface area contributed by atoms with Crippen LogP contribution in [0.5, 0.6) is 5.88 Å². The lowest BCUT2D eigenvalue weighted by atomic mass is 10.1. The maximum atomic E-state index is 13.2. The Bertz CT molecular complexity index is 1430. The predicted octanol–water partition coefficient (Wildman–Crippen LogP) is 4.01. The highest BCUT2D eigenvalue weighted by molar-refractivity contribution is 6.13. The van der Waals surface area contributed by atoms with Crippen LogP contribution < -0.4 is 10.1 Å². The summed E-state index contributed by atoms with van der Waals surface area (Å²) in [7, 11) is 1.54. The zero-order chi connectivity index (χ0) is 22.2. The molecule has 160 valence electrons. The molecule has 0 saturated carbocycles. The lowest BCUT2D eigenvalue weighted by Crippen LogP contribution is -2.14. The van der Waals surface area contributed by atoms with Crippen molar-refractivity contribution in [1.82, 2.24) is 24.1 Å². The van der Waals surface area contributed by atoms with E-state index in [1.54, 1.807) is 6.07 Å². The molecule has 32 heavy (non-hydrogen) atoms. The van der Waals surface area contributed by atoms with E-state index in [2.05, 4.69) is 20.4 Å². The zero-order valence-corrected chi connectivity index (χ0v) is 18.0. The van der Waals surface area contributed by atoms with Crippen molar-refractivity contribution in [2.75, 3.05) is 12.4 Å². The first-order valence-electron chi connectivity index (χ1n) is 10.2. The van der Waals surface area contributed by atoms with Crippen molar-refractivity contribution in [3.63, 3.8) is 0 Å². The maximum Gasteiger partial charge on any atom is 0.256 e. The molecule has 0 atom stereocenters. The fourth-order valence-corrected chi connectivity index (χ4v) is 3.87. The number of methoxy groups -OCH3 is 1. The van der Waals surface area contributed by atoms with E-state index in [1.807, 2.05) is 77.8 Å². The Hall–Kier alpha value is -4.20. The number of hydrogen-bond acceptors (Lipinski definition) is 5. The summed E-state index contributed by atoms with van der Waals surface area (Å²) in [6.45, 7) is 4.33. The van der Waals surface area contributed by atoms with E-state index < -0.39 is 0 Å². The molecule has 1 amide bonds. The van der Waals surface area contributed by atoms with Crippen molar-refractivity contribution in [2.24, 2.45) is 0 Å². The van der Waals surface area contributed by atoms with E-state index in [9.17, 15) is 4.79 Å². The van der Waals surface area contributed by atoms with Crippen LogP contribution in [0, 0.1) is 13.8 Å². The van der Waals surface area contributed by atoms with Crippen LogP contribution in [-0.4, -0.2) is 37.2 Å². The standard InChI is InChI=1S/C24H22N6O2/c1-15-23(16(2)30(28-15)14-17-13-29-11-7-6-10-21(29)25-17)27-24(31)19-12-22(32-3)26-20-9-5-4-8-18(19)20/h4-13H,14H2,1-3H3,(H,27,31). The maximum absolute atomic E-state index is 13.2. The number of hydrogen-bond donors (Lipinski definition) is 1. The minimum absolute atomic E-state index is 0.236. The topological polar surface area (TPSA) is 86.3 Å². The lowest BCUT2D eigenvalue weighted by Gasteiger charge is -2.10. The summed E-state index contributed by atoms with van der Waals surface area (Å²) in [5.41, 5.74) is 5.27. The van der Waals surface area contributed by atoms with Crippen LogP contribution in [0.15, 0.2) is 60.9 Å². The number of para-hydroxylation sites is 1. The molecule has 0 aliphatic rings. The van der Waals surface area contributed by atoms with Crippen LogP contribution in [-0.2, 0) is 6.54 Å². The van der Waals surface area contributed by atoms with Gasteiger partial charge in [-0.2, -0.15) is 5.10 Å². The van der Waals surface area contributed by atoms with Crippen LogP contribution in [0.2, 0.25) is 0 Å². The molecule has 0 saturated heterocycles. The fraction of sp³-hybridized carbons (Fsp3) is 0.167. The zero-order valence-electron chi connectivity index (χ0n) is 18.0. The van der Waals surface area contributed by atoms with Gasteiger partial charge in [0, 0.05) is 23.8 Å². The number of carbonyl (C=O) groups is 1. The molecule has 1 N–H and O–H groups in total. The lowest BCUT2D eigenvalue weighted by molar-refractivity contribution is 0.102. The molecule has 8 heteroatoms. The number of rotatable bonds is 5. The van der Waals surface area contributed by atoms with Gasteiger partial charge in [-0.15, -0.1) is 0 Å². The second kappa shape index (κ2) is 7.81. The Labute approximate surface area is 184 Å². The molecular formula is C24H22N6O2. The quantitative estimate of drug-likeness (QED) is 0.459. The Morgan fingerprint density at radius 1 is 1.09 bits per heavy atom. The molecule has 0 unspecified atom stereocenters. The Morgan fingerprint density at radius 2 is 1.91 bits per heavy atom. The van der Waals surface area contributed by atoms with Gasteiger partial charge in [0.2, 0.25) is 5.88 Å². The van der Waals surface area contributed by atoms with Gasteiger partial charge < -0.3 is 14.5 Å². The summed E-state index contributed by atoms with van der Waals surface area (Å²) in [6.07, 6.45) is 3.95. The van der Waals surface area contributed by atoms with E-state index in [-0.39, 0.29) is 5.91 Å². The average Bonchev–Trinajstić information content (AvgIpc) is 3.33. The number of pyridine rings is 2. The Balaban J connectivity index is 1.46. The van der Waals surface area contributed by atoms with E-state index in [4.69, 9.17) is 4.74 Å².